The predicted molar refractivity (Wildman–Crippen MR) is 54.7 cm³/mol. The first kappa shape index (κ1) is 29.3. The van der Waals surface area contributed by atoms with Crippen LogP contribution < -0.4 is 15.3 Å². The fourth-order valence-electron chi connectivity index (χ4n) is 0. The van der Waals surface area contributed by atoms with Gasteiger partial charge in [-0.1, -0.05) is 27.7 Å². The molecule has 0 radical (unpaired) electrons. The van der Waals surface area contributed by atoms with Gasteiger partial charge in [0.05, 0.1) is 0 Å². The molecule has 0 aromatic rings. The van der Waals surface area contributed by atoms with Crippen molar-refractivity contribution in [2.24, 2.45) is 0 Å². The average molecular weight is 222 g/mol. The van der Waals surface area contributed by atoms with E-state index in [1.165, 1.54) is 0 Å². The molecular formula is C9H23AlO4. The van der Waals surface area contributed by atoms with Crippen LogP contribution in [0.25, 0.3) is 0 Å². The third-order valence-electron chi connectivity index (χ3n) is 0. The standard InChI is InChI=1S/C3H7O.C2H6O.2C2H5O.Al/c1-3(2)4;3*1-2-3;/h3H,1-2H3;3H,2H2,1H3;2*2H2,1H3;/q-1;;2*-1;+3. The Labute approximate surface area is 98.7 Å². The molecule has 0 rings (SSSR count). The molecule has 0 aliphatic rings. The van der Waals surface area contributed by atoms with Crippen molar-refractivity contribution in [3.05, 3.63) is 0 Å². The van der Waals surface area contributed by atoms with Crippen LogP contribution in [0.2, 0.25) is 0 Å². The minimum Gasteiger partial charge on any atom is -0.855 e. The van der Waals surface area contributed by atoms with E-state index < -0.39 is 6.10 Å². The monoisotopic (exact) mass is 222 g/mol. The molecule has 0 bridgehead atoms. The van der Waals surface area contributed by atoms with Gasteiger partial charge in [-0.2, -0.15) is 0 Å². The average Bonchev–Trinajstić information content (AvgIpc) is 1.88. The van der Waals surface area contributed by atoms with Crippen LogP contribution in [-0.2, 0) is 0 Å². The molecule has 0 aromatic carbocycles. The number of aliphatic hydroxyl groups excluding tert-OH is 1. The second-order valence-corrected chi connectivity index (χ2v) is 1.94. The molecule has 14 heavy (non-hydrogen) atoms. The van der Waals surface area contributed by atoms with Crippen LogP contribution >= 0.6 is 0 Å². The van der Waals surface area contributed by atoms with E-state index in [4.69, 9.17) is 15.3 Å². The smallest absolute Gasteiger partial charge is 0.855 e. The normalized spacial score (nSPS) is 6.43. The Hall–Kier alpha value is 0.372. The van der Waals surface area contributed by atoms with Gasteiger partial charge in [-0.05, 0) is 6.92 Å². The van der Waals surface area contributed by atoms with Gasteiger partial charge >= 0.3 is 17.4 Å². The van der Waals surface area contributed by atoms with E-state index >= 15 is 0 Å². The molecule has 0 fully saturated rings. The maximum Gasteiger partial charge on any atom is 3.00 e. The van der Waals surface area contributed by atoms with Crippen molar-refractivity contribution in [2.75, 3.05) is 19.8 Å². The Morgan fingerprint density at radius 1 is 1.00 bits per heavy atom. The summed E-state index contributed by atoms with van der Waals surface area (Å²) in [6.07, 6.45) is -0.417. The van der Waals surface area contributed by atoms with Gasteiger partial charge in [0.15, 0.2) is 0 Å². The Morgan fingerprint density at radius 3 is 1.00 bits per heavy atom. The van der Waals surface area contributed by atoms with E-state index in [1.54, 1.807) is 34.6 Å². The molecular weight excluding hydrogens is 199 g/mol. The first-order valence-corrected chi connectivity index (χ1v) is 4.41. The quantitative estimate of drug-likeness (QED) is 0.485. The van der Waals surface area contributed by atoms with E-state index in [2.05, 4.69) is 0 Å². The van der Waals surface area contributed by atoms with Gasteiger partial charge < -0.3 is 20.4 Å². The first-order valence-electron chi connectivity index (χ1n) is 4.41. The number of aliphatic hydroxyl groups is 1. The molecule has 86 valence electrons. The topological polar surface area (TPSA) is 89.4 Å². The summed E-state index contributed by atoms with van der Waals surface area (Å²) in [5.41, 5.74) is 0. The molecule has 0 aliphatic carbocycles. The molecule has 0 aromatic heterocycles. The molecule has 0 atom stereocenters. The van der Waals surface area contributed by atoms with Crippen molar-refractivity contribution in [1.29, 1.82) is 0 Å². The fourth-order valence-corrected chi connectivity index (χ4v) is 0. The molecule has 0 heterocycles. The molecule has 0 aliphatic heterocycles. The first-order chi connectivity index (χ1) is 5.97. The van der Waals surface area contributed by atoms with Crippen molar-refractivity contribution in [1.82, 2.24) is 0 Å². The molecule has 5 heteroatoms. The summed E-state index contributed by atoms with van der Waals surface area (Å²) >= 11 is 0. The van der Waals surface area contributed by atoms with Crippen molar-refractivity contribution in [2.45, 2.75) is 40.7 Å². The summed E-state index contributed by atoms with van der Waals surface area (Å²) in [4.78, 5) is 0. The van der Waals surface area contributed by atoms with Gasteiger partial charge in [-0.25, -0.2) is 0 Å². The van der Waals surface area contributed by atoms with Crippen molar-refractivity contribution in [3.63, 3.8) is 0 Å². The van der Waals surface area contributed by atoms with Crippen molar-refractivity contribution >= 4 is 17.4 Å². The minimum atomic E-state index is -0.417. The summed E-state index contributed by atoms with van der Waals surface area (Å²) in [5.74, 6) is 0. The van der Waals surface area contributed by atoms with E-state index in [1.807, 2.05) is 0 Å². The van der Waals surface area contributed by atoms with Crippen LogP contribution in [0.3, 0.4) is 0 Å². The Bertz CT molecular complexity index is 38.3. The predicted octanol–water partition coefficient (Wildman–Crippen LogP) is -1.89. The molecule has 0 spiro atoms. The number of hydrogen-bond acceptors (Lipinski definition) is 4. The largest absolute Gasteiger partial charge is 3.00 e. The van der Waals surface area contributed by atoms with Crippen LogP contribution in [0.15, 0.2) is 0 Å². The third kappa shape index (κ3) is 11500. The molecule has 0 saturated carbocycles. The van der Waals surface area contributed by atoms with Crippen molar-refractivity contribution < 1.29 is 20.4 Å². The van der Waals surface area contributed by atoms with Gasteiger partial charge in [0, 0.05) is 6.61 Å². The van der Waals surface area contributed by atoms with Crippen LogP contribution in [0.5, 0.6) is 0 Å². The molecule has 0 amide bonds. The minimum absolute atomic E-state index is 0. The Morgan fingerprint density at radius 2 is 1.00 bits per heavy atom. The Kier molecular flexibility index (Phi) is 105. The zero-order valence-corrected chi connectivity index (χ0v) is 11.1. The molecule has 0 saturated heterocycles. The van der Waals surface area contributed by atoms with Gasteiger partial charge in [0.25, 0.3) is 0 Å². The maximum atomic E-state index is 9.53. The molecule has 1 N–H and O–H groups in total. The van der Waals surface area contributed by atoms with Crippen molar-refractivity contribution in [3.8, 4) is 0 Å². The van der Waals surface area contributed by atoms with Gasteiger partial charge in [0.1, 0.15) is 0 Å². The summed E-state index contributed by atoms with van der Waals surface area (Å²) in [6.45, 7) is 8.29. The van der Waals surface area contributed by atoms with Gasteiger partial charge in [-0.3, -0.25) is 0 Å². The zero-order valence-electron chi connectivity index (χ0n) is 9.95. The second kappa shape index (κ2) is 50.4. The SMILES string of the molecule is CC(C)[O-].CCO.CC[O-].CC[O-].[Al+3]. The molecule has 0 unspecified atom stereocenters. The maximum absolute atomic E-state index is 9.53. The van der Waals surface area contributed by atoms with Crippen LogP contribution in [0, 0.1) is 0 Å². The number of rotatable bonds is 0. The Balaban J connectivity index is -0.0000000254. The summed E-state index contributed by atoms with van der Waals surface area (Å²) < 4.78 is 0. The fraction of sp³-hybridized carbons (Fsp3) is 1.00. The molecule has 4 nitrogen and oxygen atoms in total. The van der Waals surface area contributed by atoms with Gasteiger partial charge in [-0.15, -0.1) is 19.3 Å². The van der Waals surface area contributed by atoms with Crippen LogP contribution in [0.1, 0.15) is 34.6 Å². The summed E-state index contributed by atoms with van der Waals surface area (Å²) in [6, 6.07) is 0. The second-order valence-electron chi connectivity index (χ2n) is 1.94. The zero-order chi connectivity index (χ0) is 11.7. The van der Waals surface area contributed by atoms with E-state index in [9.17, 15) is 5.11 Å². The van der Waals surface area contributed by atoms with Gasteiger partial charge in [0.2, 0.25) is 0 Å². The van der Waals surface area contributed by atoms with E-state index in [0.29, 0.717) is 0 Å². The third-order valence-corrected chi connectivity index (χ3v) is 0. The summed E-state index contributed by atoms with van der Waals surface area (Å²) in [5, 5.41) is 35.0. The number of hydrogen-bond donors (Lipinski definition) is 1. The van der Waals surface area contributed by atoms with E-state index in [-0.39, 0.29) is 37.2 Å². The summed E-state index contributed by atoms with van der Waals surface area (Å²) in [7, 11) is 0. The van der Waals surface area contributed by atoms with Crippen LogP contribution in [0.4, 0.5) is 0 Å². The van der Waals surface area contributed by atoms with Crippen LogP contribution in [-0.4, -0.2) is 48.4 Å². The van der Waals surface area contributed by atoms with E-state index in [0.717, 1.165) is 0 Å².